The molecule has 1 aliphatic rings. The highest BCUT2D eigenvalue weighted by Gasteiger charge is 2.56. The molecule has 1 N–H and O–H groups in total. The Morgan fingerprint density at radius 1 is 1.22 bits per heavy atom. The van der Waals surface area contributed by atoms with E-state index in [2.05, 4.69) is 20.6 Å². The molecular weight excluding hydrogens is 314 g/mol. The summed E-state index contributed by atoms with van der Waals surface area (Å²) in [5, 5.41) is 13.6. The maximum atomic E-state index is 13.9. The molecule has 0 bridgehead atoms. The molecule has 1 aliphatic heterocycles. The van der Waals surface area contributed by atoms with Crippen LogP contribution in [0.4, 0.5) is 17.6 Å². The quantitative estimate of drug-likeness (QED) is 0.880. The summed E-state index contributed by atoms with van der Waals surface area (Å²) < 4.78 is 51.9. The van der Waals surface area contributed by atoms with E-state index in [4.69, 9.17) is 0 Å². The van der Waals surface area contributed by atoms with Crippen LogP contribution in [0.15, 0.2) is 24.3 Å². The fourth-order valence-corrected chi connectivity index (χ4v) is 2.70. The minimum absolute atomic E-state index is 0.0719. The monoisotopic (exact) mass is 329 g/mol. The number of halogens is 4. The molecule has 23 heavy (non-hydrogen) atoms. The van der Waals surface area contributed by atoms with Crippen LogP contribution in [0.25, 0.3) is 11.4 Å². The summed E-state index contributed by atoms with van der Waals surface area (Å²) >= 11 is 0. The van der Waals surface area contributed by atoms with E-state index in [0.29, 0.717) is 12.4 Å². The van der Waals surface area contributed by atoms with Gasteiger partial charge < -0.3 is 0 Å². The average Bonchev–Trinajstić information content (AvgIpc) is 3.03. The number of benzene rings is 1. The number of tetrazole rings is 1. The van der Waals surface area contributed by atoms with Gasteiger partial charge >= 0.3 is 6.18 Å². The van der Waals surface area contributed by atoms with Gasteiger partial charge in [-0.1, -0.05) is 18.2 Å². The number of aromatic nitrogens is 4. The van der Waals surface area contributed by atoms with Crippen molar-refractivity contribution in [2.45, 2.75) is 31.2 Å². The summed E-state index contributed by atoms with van der Waals surface area (Å²) in [4.78, 5) is 1.82. The second-order valence-corrected chi connectivity index (χ2v) is 5.68. The Morgan fingerprint density at radius 3 is 2.57 bits per heavy atom. The van der Waals surface area contributed by atoms with Gasteiger partial charge in [0.2, 0.25) is 11.5 Å². The van der Waals surface area contributed by atoms with Crippen LogP contribution < -0.4 is 0 Å². The number of nitrogens with zero attached hydrogens (tertiary/aromatic N) is 4. The lowest BCUT2D eigenvalue weighted by Crippen LogP contribution is -2.50. The van der Waals surface area contributed by atoms with Gasteiger partial charge in [0, 0.05) is 38.0 Å². The van der Waals surface area contributed by atoms with Crippen LogP contribution >= 0.6 is 0 Å². The van der Waals surface area contributed by atoms with Crippen molar-refractivity contribution in [2.24, 2.45) is 0 Å². The molecule has 124 valence electrons. The third kappa shape index (κ3) is 3.34. The maximum Gasteiger partial charge on any atom is 0.422 e. The van der Waals surface area contributed by atoms with Crippen molar-refractivity contribution in [1.29, 1.82) is 0 Å². The number of nitrogens with one attached hydrogen (secondary N) is 1. The first-order valence-corrected chi connectivity index (χ1v) is 7.18. The van der Waals surface area contributed by atoms with E-state index in [0.717, 1.165) is 11.1 Å². The number of aromatic amines is 1. The van der Waals surface area contributed by atoms with Crippen molar-refractivity contribution in [2.75, 3.05) is 13.1 Å². The zero-order valence-electron chi connectivity index (χ0n) is 12.1. The number of piperidine rings is 1. The highest BCUT2D eigenvalue weighted by molar-refractivity contribution is 5.54. The number of likely N-dealkylation sites (tertiary alicyclic amines) is 1. The SMILES string of the molecule is FC(F)(F)C1(F)CCN(Cc2cccc(-c3nn[nH]n3)c2)CC1. The smallest absolute Gasteiger partial charge is 0.299 e. The fraction of sp³-hybridized carbons (Fsp3) is 0.500. The topological polar surface area (TPSA) is 57.7 Å². The average molecular weight is 329 g/mol. The first-order valence-electron chi connectivity index (χ1n) is 7.18. The number of rotatable bonds is 3. The van der Waals surface area contributed by atoms with E-state index in [1.54, 1.807) is 0 Å². The predicted molar refractivity (Wildman–Crippen MR) is 74.0 cm³/mol. The Labute approximate surface area is 129 Å². The normalized spacial score (nSPS) is 19.0. The van der Waals surface area contributed by atoms with E-state index in [-0.39, 0.29) is 13.1 Å². The summed E-state index contributed by atoms with van der Waals surface area (Å²) in [5.41, 5.74) is -1.38. The summed E-state index contributed by atoms with van der Waals surface area (Å²) in [5.74, 6) is 0.449. The molecule has 0 unspecified atom stereocenters. The summed E-state index contributed by atoms with van der Waals surface area (Å²) in [7, 11) is 0. The van der Waals surface area contributed by atoms with Crippen LogP contribution in [0.3, 0.4) is 0 Å². The zero-order chi connectivity index (χ0) is 16.5. The lowest BCUT2D eigenvalue weighted by atomic mass is 9.92. The van der Waals surface area contributed by atoms with E-state index in [9.17, 15) is 17.6 Å². The Balaban J connectivity index is 1.65. The van der Waals surface area contributed by atoms with Crippen molar-refractivity contribution in [3.05, 3.63) is 29.8 Å². The largest absolute Gasteiger partial charge is 0.422 e. The van der Waals surface area contributed by atoms with Crippen LogP contribution in [-0.2, 0) is 6.54 Å². The van der Waals surface area contributed by atoms with E-state index >= 15 is 0 Å². The lowest BCUT2D eigenvalue weighted by molar-refractivity contribution is -0.243. The molecule has 5 nitrogen and oxygen atoms in total. The highest BCUT2D eigenvalue weighted by atomic mass is 19.4. The molecule has 1 aromatic carbocycles. The molecule has 3 rings (SSSR count). The van der Waals surface area contributed by atoms with Crippen molar-refractivity contribution < 1.29 is 17.6 Å². The molecule has 2 aromatic rings. The van der Waals surface area contributed by atoms with E-state index < -0.39 is 24.7 Å². The Bertz CT molecular complexity index is 647. The van der Waals surface area contributed by atoms with Gasteiger partial charge in [-0.15, -0.1) is 10.2 Å². The second kappa shape index (κ2) is 5.88. The maximum absolute atomic E-state index is 13.9. The summed E-state index contributed by atoms with van der Waals surface area (Å²) in [6.07, 6.45) is -5.85. The first-order chi connectivity index (χ1) is 10.9. The van der Waals surface area contributed by atoms with Gasteiger partial charge in [-0.05, 0) is 16.8 Å². The first kappa shape index (κ1) is 15.9. The molecule has 0 spiro atoms. The lowest BCUT2D eigenvalue weighted by Gasteiger charge is -2.37. The molecule has 2 heterocycles. The van der Waals surface area contributed by atoms with E-state index in [1.807, 2.05) is 29.2 Å². The fourth-order valence-electron chi connectivity index (χ4n) is 2.70. The Hall–Kier alpha value is -2.03. The number of alkyl halides is 4. The van der Waals surface area contributed by atoms with Gasteiger partial charge in [0.15, 0.2) is 0 Å². The molecule has 1 saturated heterocycles. The Morgan fingerprint density at radius 2 is 1.96 bits per heavy atom. The molecular formula is C14H15F4N5. The molecule has 9 heteroatoms. The van der Waals surface area contributed by atoms with Crippen LogP contribution in [0, 0.1) is 0 Å². The van der Waals surface area contributed by atoms with Gasteiger partial charge in [0.05, 0.1) is 0 Å². The third-order valence-electron chi connectivity index (χ3n) is 4.09. The van der Waals surface area contributed by atoms with Crippen LogP contribution in [0.1, 0.15) is 18.4 Å². The zero-order valence-corrected chi connectivity index (χ0v) is 12.1. The van der Waals surface area contributed by atoms with Gasteiger partial charge in [0.1, 0.15) is 0 Å². The molecule has 0 saturated carbocycles. The second-order valence-electron chi connectivity index (χ2n) is 5.68. The van der Waals surface area contributed by atoms with Gasteiger partial charge in [0.25, 0.3) is 0 Å². The van der Waals surface area contributed by atoms with Crippen molar-refractivity contribution >= 4 is 0 Å². The van der Waals surface area contributed by atoms with Crippen molar-refractivity contribution in [1.82, 2.24) is 25.5 Å². The van der Waals surface area contributed by atoms with Crippen LogP contribution in [-0.4, -0.2) is 50.5 Å². The minimum atomic E-state index is -4.79. The summed E-state index contributed by atoms with van der Waals surface area (Å²) in [6, 6.07) is 7.36. The van der Waals surface area contributed by atoms with Crippen molar-refractivity contribution in [3.8, 4) is 11.4 Å². The minimum Gasteiger partial charge on any atom is -0.299 e. The van der Waals surface area contributed by atoms with E-state index in [1.165, 1.54) is 0 Å². The van der Waals surface area contributed by atoms with Gasteiger partial charge in [-0.3, -0.25) is 4.90 Å². The standard InChI is InChI=1S/C14H15F4N5/c15-13(14(16,17)18)4-6-23(7-5-13)9-10-2-1-3-11(8-10)12-19-21-22-20-12/h1-3,8H,4-7,9H2,(H,19,20,21,22). The van der Waals surface area contributed by atoms with Crippen LogP contribution in [0.5, 0.6) is 0 Å². The molecule has 0 radical (unpaired) electrons. The molecule has 1 fully saturated rings. The molecule has 1 aromatic heterocycles. The number of hydrogen-bond donors (Lipinski definition) is 1. The van der Waals surface area contributed by atoms with Crippen LogP contribution in [0.2, 0.25) is 0 Å². The van der Waals surface area contributed by atoms with Crippen molar-refractivity contribution in [3.63, 3.8) is 0 Å². The predicted octanol–water partition coefficient (Wildman–Crippen LogP) is 2.73. The Kier molecular flexibility index (Phi) is 4.05. The molecule has 0 aliphatic carbocycles. The molecule has 0 amide bonds. The van der Waals surface area contributed by atoms with Gasteiger partial charge in [-0.2, -0.15) is 18.4 Å². The molecule has 0 atom stereocenters. The highest BCUT2D eigenvalue weighted by Crippen LogP contribution is 2.41. The number of H-pyrrole nitrogens is 1. The third-order valence-corrected chi connectivity index (χ3v) is 4.09. The van der Waals surface area contributed by atoms with Gasteiger partial charge in [-0.25, -0.2) is 4.39 Å². The number of hydrogen-bond acceptors (Lipinski definition) is 4. The summed E-state index contributed by atoms with van der Waals surface area (Å²) in [6.45, 7) is 0.602.